The van der Waals surface area contributed by atoms with Gasteiger partial charge in [-0.25, -0.2) is 0 Å². The number of methoxy groups -OCH3 is 1. The van der Waals surface area contributed by atoms with E-state index in [1.165, 1.54) is 5.56 Å². The second kappa shape index (κ2) is 5.52. The van der Waals surface area contributed by atoms with E-state index in [0.717, 1.165) is 18.6 Å². The fraction of sp³-hybridized carbons (Fsp3) is 0.571. The van der Waals surface area contributed by atoms with Crippen LogP contribution in [0.15, 0.2) is 24.3 Å². The van der Waals surface area contributed by atoms with Crippen molar-refractivity contribution in [2.75, 3.05) is 13.7 Å². The van der Waals surface area contributed by atoms with Crippen molar-refractivity contribution in [2.45, 2.75) is 37.8 Å². The Hall–Kier alpha value is -1.06. The van der Waals surface area contributed by atoms with Crippen molar-refractivity contribution in [3.63, 3.8) is 0 Å². The van der Waals surface area contributed by atoms with Crippen LogP contribution in [0.25, 0.3) is 0 Å². The van der Waals surface area contributed by atoms with E-state index in [1.807, 2.05) is 19.1 Å². The van der Waals surface area contributed by atoms with Gasteiger partial charge >= 0.3 is 0 Å². The molecule has 0 saturated heterocycles. The van der Waals surface area contributed by atoms with Crippen LogP contribution in [0.5, 0.6) is 5.75 Å². The number of ether oxygens (including phenoxy) is 1. The van der Waals surface area contributed by atoms with Crippen molar-refractivity contribution >= 4 is 0 Å². The molecule has 0 amide bonds. The van der Waals surface area contributed by atoms with E-state index in [1.54, 1.807) is 7.11 Å². The Labute approximate surface area is 103 Å². The van der Waals surface area contributed by atoms with E-state index in [-0.39, 0.29) is 6.10 Å². The zero-order valence-corrected chi connectivity index (χ0v) is 10.5. The van der Waals surface area contributed by atoms with Crippen molar-refractivity contribution in [2.24, 2.45) is 0 Å². The summed E-state index contributed by atoms with van der Waals surface area (Å²) in [6.45, 7) is 2.49. The fourth-order valence-corrected chi connectivity index (χ4v) is 2.38. The first kappa shape index (κ1) is 12.4. The van der Waals surface area contributed by atoms with Crippen LogP contribution in [0.2, 0.25) is 0 Å². The minimum Gasteiger partial charge on any atom is -0.496 e. The molecule has 1 atom stereocenters. The lowest BCUT2D eigenvalue weighted by Gasteiger charge is -2.37. The first-order valence-electron chi connectivity index (χ1n) is 6.25. The van der Waals surface area contributed by atoms with Gasteiger partial charge in [-0.2, -0.15) is 0 Å². The predicted molar refractivity (Wildman–Crippen MR) is 68.4 cm³/mol. The number of nitrogens with one attached hydrogen (secondary N) is 1. The van der Waals surface area contributed by atoms with Gasteiger partial charge in [-0.3, -0.25) is 0 Å². The average molecular weight is 235 g/mol. The molecule has 1 fully saturated rings. The van der Waals surface area contributed by atoms with E-state index >= 15 is 0 Å². The molecular formula is C14H21NO2. The number of rotatable bonds is 5. The molecule has 0 heterocycles. The average Bonchev–Trinajstić information content (AvgIpc) is 2.27. The molecule has 1 aliphatic rings. The van der Waals surface area contributed by atoms with Crippen molar-refractivity contribution < 1.29 is 9.84 Å². The molecule has 2 rings (SSSR count). The molecule has 94 valence electrons. The van der Waals surface area contributed by atoms with Gasteiger partial charge in [0.15, 0.2) is 0 Å². The molecule has 0 spiro atoms. The first-order valence-corrected chi connectivity index (χ1v) is 6.25. The summed E-state index contributed by atoms with van der Waals surface area (Å²) in [6, 6.07) is 8.78. The smallest absolute Gasteiger partial charge is 0.122 e. The molecule has 3 heteroatoms. The van der Waals surface area contributed by atoms with Crippen LogP contribution in [-0.4, -0.2) is 30.9 Å². The number of aliphatic hydroxyl groups is 1. The number of benzene rings is 1. The summed E-state index contributed by atoms with van der Waals surface area (Å²) < 4.78 is 5.38. The molecule has 1 unspecified atom stereocenters. The zero-order chi connectivity index (χ0) is 12.3. The Morgan fingerprint density at radius 3 is 2.76 bits per heavy atom. The van der Waals surface area contributed by atoms with Gasteiger partial charge < -0.3 is 15.2 Å². The molecule has 2 N–H and O–H groups in total. The Bertz CT molecular complexity index is 359. The summed E-state index contributed by atoms with van der Waals surface area (Å²) in [6.07, 6.45) is 2.00. The van der Waals surface area contributed by atoms with Gasteiger partial charge in [-0.05, 0) is 37.3 Å². The van der Waals surface area contributed by atoms with Crippen LogP contribution in [0, 0.1) is 0 Å². The fourth-order valence-electron chi connectivity index (χ4n) is 2.38. The van der Waals surface area contributed by atoms with Crippen LogP contribution in [0.3, 0.4) is 0 Å². The van der Waals surface area contributed by atoms with Gasteiger partial charge in [-0.15, -0.1) is 0 Å². The summed E-state index contributed by atoms with van der Waals surface area (Å²) >= 11 is 0. The molecule has 1 saturated carbocycles. The first-order chi connectivity index (χ1) is 8.20. The van der Waals surface area contributed by atoms with Gasteiger partial charge in [0, 0.05) is 12.6 Å². The maximum atomic E-state index is 9.20. The molecule has 3 nitrogen and oxygen atoms in total. The second-order valence-corrected chi connectivity index (χ2v) is 4.86. The summed E-state index contributed by atoms with van der Waals surface area (Å²) in [5.74, 6) is 1.59. The SMILES string of the molecule is COc1ccccc1C1CC(NCC(C)O)C1. The van der Waals surface area contributed by atoms with Crippen molar-refractivity contribution in [1.82, 2.24) is 5.32 Å². The van der Waals surface area contributed by atoms with Gasteiger partial charge in [-0.1, -0.05) is 18.2 Å². The minimum atomic E-state index is -0.264. The monoisotopic (exact) mass is 235 g/mol. The van der Waals surface area contributed by atoms with Gasteiger partial charge in [0.1, 0.15) is 5.75 Å². The Kier molecular flexibility index (Phi) is 4.02. The Balaban J connectivity index is 1.86. The minimum absolute atomic E-state index is 0.264. The highest BCUT2D eigenvalue weighted by molar-refractivity contribution is 5.37. The van der Waals surface area contributed by atoms with E-state index in [4.69, 9.17) is 4.74 Å². The van der Waals surface area contributed by atoms with Crippen LogP contribution < -0.4 is 10.1 Å². The van der Waals surface area contributed by atoms with Crippen LogP contribution in [0.4, 0.5) is 0 Å². The van der Waals surface area contributed by atoms with E-state index in [0.29, 0.717) is 18.5 Å². The third kappa shape index (κ3) is 2.99. The summed E-state index contributed by atoms with van der Waals surface area (Å²) in [7, 11) is 1.72. The highest BCUT2D eigenvalue weighted by Gasteiger charge is 2.31. The van der Waals surface area contributed by atoms with Crippen molar-refractivity contribution in [3.8, 4) is 5.75 Å². The summed E-state index contributed by atoms with van der Waals surface area (Å²) in [4.78, 5) is 0. The van der Waals surface area contributed by atoms with Crippen LogP contribution >= 0.6 is 0 Å². The maximum absolute atomic E-state index is 9.20. The molecule has 1 aromatic carbocycles. The largest absolute Gasteiger partial charge is 0.496 e. The maximum Gasteiger partial charge on any atom is 0.122 e. The lowest BCUT2D eigenvalue weighted by molar-refractivity contribution is 0.171. The summed E-state index contributed by atoms with van der Waals surface area (Å²) in [5.41, 5.74) is 1.31. The topological polar surface area (TPSA) is 41.5 Å². The van der Waals surface area contributed by atoms with Gasteiger partial charge in [0.05, 0.1) is 13.2 Å². The molecule has 0 radical (unpaired) electrons. The second-order valence-electron chi connectivity index (χ2n) is 4.86. The van der Waals surface area contributed by atoms with E-state index in [2.05, 4.69) is 17.4 Å². The molecule has 1 aromatic rings. The summed E-state index contributed by atoms with van der Waals surface area (Å²) in [5, 5.41) is 12.6. The van der Waals surface area contributed by atoms with Crippen molar-refractivity contribution in [1.29, 1.82) is 0 Å². The van der Waals surface area contributed by atoms with Crippen LogP contribution in [0.1, 0.15) is 31.2 Å². The standard InChI is InChI=1S/C14H21NO2/c1-10(16)9-15-12-7-11(8-12)13-5-3-4-6-14(13)17-2/h3-6,10-12,15-16H,7-9H2,1-2H3. The Morgan fingerprint density at radius 1 is 1.41 bits per heavy atom. The number of para-hydroxylation sites is 1. The Morgan fingerprint density at radius 2 is 2.12 bits per heavy atom. The third-order valence-corrected chi connectivity index (χ3v) is 3.42. The lowest BCUT2D eigenvalue weighted by atomic mass is 9.75. The number of hydrogen-bond acceptors (Lipinski definition) is 3. The number of hydrogen-bond donors (Lipinski definition) is 2. The molecule has 0 aromatic heterocycles. The van der Waals surface area contributed by atoms with Gasteiger partial charge in [0.2, 0.25) is 0 Å². The zero-order valence-electron chi connectivity index (χ0n) is 10.5. The van der Waals surface area contributed by atoms with Crippen molar-refractivity contribution in [3.05, 3.63) is 29.8 Å². The van der Waals surface area contributed by atoms with Crippen LogP contribution in [-0.2, 0) is 0 Å². The third-order valence-electron chi connectivity index (χ3n) is 3.42. The highest BCUT2D eigenvalue weighted by Crippen LogP contribution is 2.40. The highest BCUT2D eigenvalue weighted by atomic mass is 16.5. The normalized spacial score (nSPS) is 25.1. The quantitative estimate of drug-likeness (QED) is 0.819. The molecule has 0 aliphatic heterocycles. The molecule has 1 aliphatic carbocycles. The predicted octanol–water partition coefficient (Wildman–Crippen LogP) is 1.91. The van der Waals surface area contributed by atoms with E-state index in [9.17, 15) is 5.11 Å². The molecule has 17 heavy (non-hydrogen) atoms. The van der Waals surface area contributed by atoms with Gasteiger partial charge in [0.25, 0.3) is 0 Å². The molecule has 0 bridgehead atoms. The lowest BCUT2D eigenvalue weighted by Crippen LogP contribution is -2.42. The van der Waals surface area contributed by atoms with E-state index < -0.39 is 0 Å². The molecular weight excluding hydrogens is 214 g/mol. The number of aliphatic hydroxyl groups excluding tert-OH is 1.